The van der Waals surface area contributed by atoms with Crippen LogP contribution in [0.4, 0.5) is 0 Å². The third-order valence-corrected chi connectivity index (χ3v) is 6.37. The van der Waals surface area contributed by atoms with Crippen LogP contribution >= 0.6 is 11.8 Å². The zero-order valence-corrected chi connectivity index (χ0v) is 16.0. The Kier molecular flexibility index (Phi) is 4.52. The molecule has 0 N–H and O–H groups in total. The van der Waals surface area contributed by atoms with Gasteiger partial charge in [-0.15, -0.1) is 11.8 Å². The minimum absolute atomic E-state index is 0.0873. The molecule has 2 atom stereocenters. The van der Waals surface area contributed by atoms with E-state index in [1.165, 1.54) is 5.56 Å². The lowest BCUT2D eigenvalue weighted by atomic mass is 10.1. The average Bonchev–Trinajstić information content (AvgIpc) is 3.26. The number of imide groups is 1. The van der Waals surface area contributed by atoms with Crippen molar-refractivity contribution in [2.24, 2.45) is 0 Å². The van der Waals surface area contributed by atoms with E-state index in [1.54, 1.807) is 47.9 Å². The van der Waals surface area contributed by atoms with E-state index in [4.69, 9.17) is 0 Å². The maximum atomic E-state index is 13.2. The molecule has 3 amide bonds. The van der Waals surface area contributed by atoms with E-state index >= 15 is 0 Å². The standard InChI is InChI=1S/C21H20N2O3S/c1-13-7-9-15(10-8-13)21-22(11-12-27-21)18(24)14(2)23-19(25)16-5-3-4-6-17(16)20(23)26/h3-10,14,21H,11-12H2,1-2H3. The molecule has 0 aromatic heterocycles. The molecule has 0 saturated carbocycles. The van der Waals surface area contributed by atoms with Gasteiger partial charge in [-0.05, 0) is 31.5 Å². The Bertz CT molecular complexity index is 890. The molecule has 2 aromatic rings. The second-order valence-electron chi connectivity index (χ2n) is 6.87. The van der Waals surface area contributed by atoms with Crippen LogP contribution in [0.3, 0.4) is 0 Å². The summed E-state index contributed by atoms with van der Waals surface area (Å²) in [5.74, 6) is -0.149. The van der Waals surface area contributed by atoms with Crippen LogP contribution in [-0.2, 0) is 4.79 Å². The number of benzene rings is 2. The number of aryl methyl sites for hydroxylation is 1. The molecular formula is C21H20N2O3S. The van der Waals surface area contributed by atoms with E-state index in [-0.39, 0.29) is 11.3 Å². The molecule has 4 rings (SSSR count). The molecule has 1 saturated heterocycles. The molecule has 27 heavy (non-hydrogen) atoms. The number of carbonyl (C=O) groups excluding carboxylic acids is 3. The van der Waals surface area contributed by atoms with E-state index in [0.717, 1.165) is 16.2 Å². The number of amides is 3. The molecule has 2 aliphatic rings. The van der Waals surface area contributed by atoms with Crippen LogP contribution in [0, 0.1) is 6.92 Å². The van der Waals surface area contributed by atoms with Crippen molar-refractivity contribution < 1.29 is 14.4 Å². The Balaban J connectivity index is 1.58. The second kappa shape index (κ2) is 6.85. The van der Waals surface area contributed by atoms with Crippen LogP contribution < -0.4 is 0 Å². The van der Waals surface area contributed by atoms with Gasteiger partial charge in [0, 0.05) is 12.3 Å². The Morgan fingerprint density at radius 2 is 1.63 bits per heavy atom. The van der Waals surface area contributed by atoms with Crippen LogP contribution in [0.25, 0.3) is 0 Å². The molecule has 6 heteroatoms. The molecule has 1 fully saturated rings. The molecule has 5 nitrogen and oxygen atoms in total. The average molecular weight is 380 g/mol. The van der Waals surface area contributed by atoms with Gasteiger partial charge in [-0.25, -0.2) is 0 Å². The van der Waals surface area contributed by atoms with E-state index < -0.39 is 17.9 Å². The topological polar surface area (TPSA) is 57.7 Å². The van der Waals surface area contributed by atoms with E-state index in [9.17, 15) is 14.4 Å². The smallest absolute Gasteiger partial charge is 0.262 e. The number of rotatable bonds is 3. The van der Waals surface area contributed by atoms with E-state index in [1.807, 2.05) is 31.2 Å². The SMILES string of the molecule is Cc1ccc(C2SCCN2C(=O)C(C)N2C(=O)c3ccccc3C2=O)cc1. The Morgan fingerprint density at radius 1 is 1.04 bits per heavy atom. The summed E-state index contributed by atoms with van der Waals surface area (Å²) in [6.07, 6.45) is 0. The van der Waals surface area contributed by atoms with Crippen molar-refractivity contribution in [3.63, 3.8) is 0 Å². The van der Waals surface area contributed by atoms with Gasteiger partial charge >= 0.3 is 0 Å². The highest BCUT2D eigenvalue weighted by atomic mass is 32.2. The monoisotopic (exact) mass is 380 g/mol. The molecule has 2 unspecified atom stereocenters. The van der Waals surface area contributed by atoms with Gasteiger partial charge in [0.2, 0.25) is 5.91 Å². The van der Waals surface area contributed by atoms with E-state index in [2.05, 4.69) is 0 Å². The molecule has 0 radical (unpaired) electrons. The van der Waals surface area contributed by atoms with Gasteiger partial charge in [-0.1, -0.05) is 42.0 Å². The molecule has 0 spiro atoms. The first kappa shape index (κ1) is 17.8. The van der Waals surface area contributed by atoms with Crippen LogP contribution in [-0.4, -0.2) is 45.9 Å². The number of thioether (sulfide) groups is 1. The Morgan fingerprint density at radius 3 is 2.22 bits per heavy atom. The third-order valence-electron chi connectivity index (χ3n) is 5.11. The minimum Gasteiger partial charge on any atom is -0.324 e. The Hall–Kier alpha value is -2.60. The normalized spacial score (nSPS) is 20.1. The highest BCUT2D eigenvalue weighted by molar-refractivity contribution is 7.99. The first-order valence-corrected chi connectivity index (χ1v) is 9.99. The predicted molar refractivity (Wildman–Crippen MR) is 104 cm³/mol. The number of fused-ring (bicyclic) bond motifs is 1. The summed E-state index contributed by atoms with van der Waals surface area (Å²) in [5, 5.41) is -0.0873. The number of hydrogen-bond acceptors (Lipinski definition) is 4. The molecule has 2 heterocycles. The highest BCUT2D eigenvalue weighted by Crippen LogP contribution is 2.39. The summed E-state index contributed by atoms with van der Waals surface area (Å²) >= 11 is 1.70. The van der Waals surface area contributed by atoms with Crippen LogP contribution in [0.1, 0.15) is 44.1 Å². The van der Waals surface area contributed by atoms with Crippen LogP contribution in [0.15, 0.2) is 48.5 Å². The number of nitrogens with zero attached hydrogens (tertiary/aromatic N) is 2. The maximum absolute atomic E-state index is 13.2. The third kappa shape index (κ3) is 2.94. The van der Waals surface area contributed by atoms with Crippen LogP contribution in [0.5, 0.6) is 0 Å². The molecular weight excluding hydrogens is 360 g/mol. The molecule has 0 bridgehead atoms. The van der Waals surface area contributed by atoms with Gasteiger partial charge < -0.3 is 4.90 Å². The van der Waals surface area contributed by atoms with Gasteiger partial charge in [0.15, 0.2) is 0 Å². The van der Waals surface area contributed by atoms with Crippen molar-refractivity contribution in [3.8, 4) is 0 Å². The lowest BCUT2D eigenvalue weighted by Crippen LogP contribution is -2.49. The summed E-state index contributed by atoms with van der Waals surface area (Å²) in [5.41, 5.74) is 2.96. The van der Waals surface area contributed by atoms with E-state index in [0.29, 0.717) is 17.7 Å². The molecule has 0 aliphatic carbocycles. The van der Waals surface area contributed by atoms with Gasteiger partial charge in [-0.3, -0.25) is 19.3 Å². The first-order valence-electron chi connectivity index (χ1n) is 8.94. The fraction of sp³-hybridized carbons (Fsp3) is 0.286. The fourth-order valence-corrected chi connectivity index (χ4v) is 4.88. The fourth-order valence-electron chi connectivity index (χ4n) is 3.61. The summed E-state index contributed by atoms with van der Waals surface area (Å²) in [6.45, 7) is 4.27. The molecule has 2 aliphatic heterocycles. The summed E-state index contributed by atoms with van der Waals surface area (Å²) in [6, 6.07) is 14.0. The van der Waals surface area contributed by atoms with Crippen LogP contribution in [0.2, 0.25) is 0 Å². The summed E-state index contributed by atoms with van der Waals surface area (Å²) < 4.78 is 0. The highest BCUT2D eigenvalue weighted by Gasteiger charge is 2.43. The quantitative estimate of drug-likeness (QED) is 0.767. The number of carbonyl (C=O) groups is 3. The van der Waals surface area contributed by atoms with Crippen molar-refractivity contribution in [1.29, 1.82) is 0 Å². The van der Waals surface area contributed by atoms with Crippen molar-refractivity contribution in [1.82, 2.24) is 9.80 Å². The van der Waals surface area contributed by atoms with Crippen molar-refractivity contribution in [3.05, 3.63) is 70.8 Å². The lowest BCUT2D eigenvalue weighted by molar-refractivity contribution is -0.135. The van der Waals surface area contributed by atoms with Crippen molar-refractivity contribution in [2.45, 2.75) is 25.3 Å². The zero-order valence-electron chi connectivity index (χ0n) is 15.2. The minimum atomic E-state index is -0.830. The Labute approximate surface area is 162 Å². The van der Waals surface area contributed by atoms with Gasteiger partial charge in [-0.2, -0.15) is 0 Å². The summed E-state index contributed by atoms with van der Waals surface area (Å²) in [4.78, 5) is 41.4. The van der Waals surface area contributed by atoms with Gasteiger partial charge in [0.25, 0.3) is 11.8 Å². The van der Waals surface area contributed by atoms with Crippen molar-refractivity contribution >= 4 is 29.5 Å². The predicted octanol–water partition coefficient (Wildman–Crippen LogP) is 3.25. The largest absolute Gasteiger partial charge is 0.324 e. The summed E-state index contributed by atoms with van der Waals surface area (Å²) in [7, 11) is 0. The zero-order chi connectivity index (χ0) is 19.1. The maximum Gasteiger partial charge on any atom is 0.262 e. The molecule has 138 valence electrons. The van der Waals surface area contributed by atoms with Gasteiger partial charge in [0.1, 0.15) is 11.4 Å². The number of hydrogen-bond donors (Lipinski definition) is 0. The lowest BCUT2D eigenvalue weighted by Gasteiger charge is -2.30. The van der Waals surface area contributed by atoms with Crippen molar-refractivity contribution in [2.75, 3.05) is 12.3 Å². The second-order valence-corrected chi connectivity index (χ2v) is 8.06. The molecule has 2 aromatic carbocycles. The first-order chi connectivity index (χ1) is 13.0. The van der Waals surface area contributed by atoms with Gasteiger partial charge in [0.05, 0.1) is 11.1 Å².